The fraction of sp³-hybridized carbons (Fsp3) is 0.923. The molecule has 0 saturated carbocycles. The van der Waals surface area contributed by atoms with Gasteiger partial charge in [-0.1, -0.05) is 6.42 Å². The number of hydrogen-bond donors (Lipinski definition) is 1. The molecule has 1 aliphatic heterocycles. The molecule has 0 spiro atoms. The summed E-state index contributed by atoms with van der Waals surface area (Å²) in [5.74, 6) is -0.686. The number of aliphatic carboxylic acids is 1. The molecule has 1 heterocycles. The molecule has 1 saturated heterocycles. The molecule has 1 N–H and O–H groups in total. The van der Waals surface area contributed by atoms with Gasteiger partial charge in [-0.05, 0) is 45.7 Å². The summed E-state index contributed by atoms with van der Waals surface area (Å²) < 4.78 is 5.69. The lowest BCUT2D eigenvalue weighted by Crippen LogP contribution is -2.33. The molecule has 0 aromatic heterocycles. The monoisotopic (exact) mass is 243 g/mol. The minimum Gasteiger partial charge on any atom is -0.481 e. The van der Waals surface area contributed by atoms with Crippen molar-refractivity contribution in [2.24, 2.45) is 0 Å². The maximum atomic E-state index is 10.3. The average Bonchev–Trinajstić information content (AvgIpc) is 2.29. The maximum Gasteiger partial charge on any atom is 0.303 e. The highest BCUT2D eigenvalue weighted by molar-refractivity contribution is 5.66. The average molecular weight is 243 g/mol. The van der Waals surface area contributed by atoms with E-state index in [0.717, 1.165) is 39.0 Å². The van der Waals surface area contributed by atoms with Crippen molar-refractivity contribution in [1.29, 1.82) is 0 Å². The second-order valence-electron chi connectivity index (χ2n) is 4.96. The molecule has 0 bridgehead atoms. The van der Waals surface area contributed by atoms with E-state index >= 15 is 0 Å². The summed E-state index contributed by atoms with van der Waals surface area (Å²) in [4.78, 5) is 12.6. The molecule has 0 aromatic carbocycles. The van der Waals surface area contributed by atoms with E-state index in [4.69, 9.17) is 9.84 Å². The Bertz CT molecular complexity index is 215. The van der Waals surface area contributed by atoms with Crippen molar-refractivity contribution >= 4 is 5.97 Å². The van der Waals surface area contributed by atoms with Crippen LogP contribution in [0.2, 0.25) is 0 Å². The Kier molecular flexibility index (Phi) is 7.21. The smallest absolute Gasteiger partial charge is 0.303 e. The van der Waals surface area contributed by atoms with E-state index in [2.05, 4.69) is 11.9 Å². The first-order valence-electron chi connectivity index (χ1n) is 6.70. The second-order valence-corrected chi connectivity index (χ2v) is 4.96. The highest BCUT2D eigenvalue weighted by atomic mass is 16.5. The Morgan fingerprint density at radius 1 is 1.35 bits per heavy atom. The quantitative estimate of drug-likeness (QED) is 0.663. The minimum absolute atomic E-state index is 0.301. The SMILES string of the molecule is CN(CCCCCC(=O)O)CC1CCCCO1. The van der Waals surface area contributed by atoms with Gasteiger partial charge in [0.2, 0.25) is 0 Å². The Morgan fingerprint density at radius 3 is 2.82 bits per heavy atom. The molecule has 0 aliphatic carbocycles. The van der Waals surface area contributed by atoms with Gasteiger partial charge in [-0.3, -0.25) is 4.79 Å². The molecule has 100 valence electrons. The summed E-state index contributed by atoms with van der Waals surface area (Å²) in [5, 5.41) is 8.51. The third kappa shape index (κ3) is 7.34. The number of ether oxygens (including phenoxy) is 1. The first-order chi connectivity index (χ1) is 8.18. The van der Waals surface area contributed by atoms with E-state index in [1.807, 2.05) is 0 Å². The third-order valence-corrected chi connectivity index (χ3v) is 3.22. The number of carbonyl (C=O) groups is 1. The zero-order valence-corrected chi connectivity index (χ0v) is 10.9. The van der Waals surface area contributed by atoms with Crippen LogP contribution in [0, 0.1) is 0 Å². The fourth-order valence-corrected chi connectivity index (χ4v) is 2.23. The number of carboxylic acids is 1. The second kappa shape index (κ2) is 8.48. The van der Waals surface area contributed by atoms with Crippen molar-refractivity contribution in [2.75, 3.05) is 26.7 Å². The van der Waals surface area contributed by atoms with Crippen LogP contribution < -0.4 is 0 Å². The van der Waals surface area contributed by atoms with Gasteiger partial charge >= 0.3 is 5.97 Å². The van der Waals surface area contributed by atoms with Gasteiger partial charge in [-0.2, -0.15) is 0 Å². The molecular formula is C13H25NO3. The van der Waals surface area contributed by atoms with Crippen LogP contribution in [0.5, 0.6) is 0 Å². The normalized spacial score (nSPS) is 20.7. The van der Waals surface area contributed by atoms with Crippen LogP contribution >= 0.6 is 0 Å². The number of nitrogens with zero attached hydrogens (tertiary/aromatic N) is 1. The van der Waals surface area contributed by atoms with E-state index in [-0.39, 0.29) is 0 Å². The van der Waals surface area contributed by atoms with Crippen molar-refractivity contribution in [3.05, 3.63) is 0 Å². The van der Waals surface area contributed by atoms with E-state index in [9.17, 15) is 4.79 Å². The van der Waals surface area contributed by atoms with Gasteiger partial charge < -0.3 is 14.7 Å². The van der Waals surface area contributed by atoms with Crippen molar-refractivity contribution < 1.29 is 14.6 Å². The van der Waals surface area contributed by atoms with Crippen molar-refractivity contribution in [2.45, 2.75) is 51.0 Å². The molecule has 1 aliphatic rings. The predicted molar refractivity (Wildman–Crippen MR) is 67.2 cm³/mol. The number of likely N-dealkylation sites (N-methyl/N-ethyl adjacent to an activating group) is 1. The fourth-order valence-electron chi connectivity index (χ4n) is 2.23. The topological polar surface area (TPSA) is 49.8 Å². The molecule has 0 radical (unpaired) electrons. The summed E-state index contributed by atoms with van der Waals surface area (Å²) in [6.07, 6.45) is 7.26. The van der Waals surface area contributed by atoms with E-state index < -0.39 is 5.97 Å². The Morgan fingerprint density at radius 2 is 2.18 bits per heavy atom. The largest absolute Gasteiger partial charge is 0.481 e. The number of rotatable bonds is 8. The van der Waals surface area contributed by atoms with E-state index in [0.29, 0.717) is 12.5 Å². The van der Waals surface area contributed by atoms with Crippen LogP contribution in [0.1, 0.15) is 44.9 Å². The standard InChI is InChI=1S/C13H25NO3/c1-14(9-5-2-3-8-13(15)16)11-12-7-4-6-10-17-12/h12H,2-11H2,1H3,(H,15,16). The van der Waals surface area contributed by atoms with Gasteiger partial charge in [-0.15, -0.1) is 0 Å². The predicted octanol–water partition coefficient (Wildman–Crippen LogP) is 2.13. The molecule has 1 unspecified atom stereocenters. The van der Waals surface area contributed by atoms with Gasteiger partial charge in [-0.25, -0.2) is 0 Å². The molecule has 1 rings (SSSR count). The zero-order chi connectivity index (χ0) is 12.5. The highest BCUT2D eigenvalue weighted by Gasteiger charge is 2.15. The number of hydrogen-bond acceptors (Lipinski definition) is 3. The van der Waals surface area contributed by atoms with Crippen LogP contribution in [0.15, 0.2) is 0 Å². The highest BCUT2D eigenvalue weighted by Crippen LogP contribution is 2.13. The van der Waals surface area contributed by atoms with Crippen LogP contribution in [0.4, 0.5) is 0 Å². The van der Waals surface area contributed by atoms with Crippen molar-refractivity contribution in [1.82, 2.24) is 4.90 Å². The summed E-state index contributed by atoms with van der Waals surface area (Å²) in [5.41, 5.74) is 0. The molecule has 4 heteroatoms. The van der Waals surface area contributed by atoms with Gasteiger partial charge in [0.15, 0.2) is 0 Å². The molecule has 1 fully saturated rings. The lowest BCUT2D eigenvalue weighted by atomic mass is 10.1. The van der Waals surface area contributed by atoms with Crippen molar-refractivity contribution in [3.8, 4) is 0 Å². The van der Waals surface area contributed by atoms with Gasteiger partial charge in [0.05, 0.1) is 6.10 Å². The molecule has 17 heavy (non-hydrogen) atoms. The molecule has 1 atom stereocenters. The van der Waals surface area contributed by atoms with Crippen LogP contribution in [0.3, 0.4) is 0 Å². The van der Waals surface area contributed by atoms with E-state index in [1.54, 1.807) is 0 Å². The first-order valence-corrected chi connectivity index (χ1v) is 6.70. The molecular weight excluding hydrogens is 218 g/mol. The first kappa shape index (κ1) is 14.5. The minimum atomic E-state index is -0.686. The number of carboxylic acid groups (broad SMARTS) is 1. The number of unbranched alkanes of at least 4 members (excludes halogenated alkanes) is 2. The third-order valence-electron chi connectivity index (χ3n) is 3.22. The van der Waals surface area contributed by atoms with Crippen LogP contribution in [-0.4, -0.2) is 48.8 Å². The Balaban J connectivity index is 1.96. The van der Waals surface area contributed by atoms with Crippen LogP contribution in [-0.2, 0) is 9.53 Å². The van der Waals surface area contributed by atoms with E-state index in [1.165, 1.54) is 19.3 Å². The van der Waals surface area contributed by atoms with Gasteiger partial charge in [0.1, 0.15) is 0 Å². The van der Waals surface area contributed by atoms with Crippen molar-refractivity contribution in [3.63, 3.8) is 0 Å². The lowest BCUT2D eigenvalue weighted by Gasteiger charge is -2.27. The zero-order valence-electron chi connectivity index (χ0n) is 10.9. The van der Waals surface area contributed by atoms with Gasteiger partial charge in [0.25, 0.3) is 0 Å². The summed E-state index contributed by atoms with van der Waals surface area (Å²) >= 11 is 0. The Labute approximate surface area is 104 Å². The summed E-state index contributed by atoms with van der Waals surface area (Å²) in [7, 11) is 2.12. The summed E-state index contributed by atoms with van der Waals surface area (Å²) in [6, 6.07) is 0. The molecule has 0 amide bonds. The van der Waals surface area contributed by atoms with Crippen LogP contribution in [0.25, 0.3) is 0 Å². The Hall–Kier alpha value is -0.610. The van der Waals surface area contributed by atoms with Gasteiger partial charge in [0, 0.05) is 19.6 Å². The lowest BCUT2D eigenvalue weighted by molar-refractivity contribution is -0.137. The molecule has 4 nitrogen and oxygen atoms in total. The maximum absolute atomic E-state index is 10.3. The molecule has 0 aromatic rings. The summed E-state index contributed by atoms with van der Waals surface area (Å²) in [6.45, 7) is 2.97.